The van der Waals surface area contributed by atoms with Gasteiger partial charge < -0.3 is 23.8 Å². The number of methoxy groups -OCH3 is 2. The minimum Gasteiger partial charge on any atom is -0.494 e. The normalized spacial score (nSPS) is 11.1. The SMILES string of the molecule is COCCOCCCn1c(=S)[nH]c2c(OC)cccc21. The first-order valence-corrected chi connectivity index (χ1v) is 7.01. The van der Waals surface area contributed by atoms with Crippen LogP contribution >= 0.6 is 12.2 Å². The molecular weight excluding hydrogens is 276 g/mol. The predicted octanol–water partition coefficient (Wildman–Crippen LogP) is 2.76. The summed E-state index contributed by atoms with van der Waals surface area (Å²) in [6, 6.07) is 5.93. The van der Waals surface area contributed by atoms with E-state index in [0.29, 0.717) is 24.6 Å². The molecule has 0 aliphatic rings. The molecule has 1 N–H and O–H groups in total. The summed E-state index contributed by atoms with van der Waals surface area (Å²) < 4.78 is 18.5. The van der Waals surface area contributed by atoms with E-state index >= 15 is 0 Å². The Bertz CT molecular complexity index is 606. The van der Waals surface area contributed by atoms with Crippen LogP contribution in [0.15, 0.2) is 18.2 Å². The summed E-state index contributed by atoms with van der Waals surface area (Å²) in [5.41, 5.74) is 2.01. The zero-order valence-electron chi connectivity index (χ0n) is 11.8. The van der Waals surface area contributed by atoms with Crippen molar-refractivity contribution in [2.75, 3.05) is 34.0 Å². The molecule has 0 spiro atoms. The number of para-hydroxylation sites is 1. The summed E-state index contributed by atoms with van der Waals surface area (Å²) in [4.78, 5) is 3.20. The van der Waals surface area contributed by atoms with Crippen molar-refractivity contribution in [3.8, 4) is 5.75 Å². The maximum absolute atomic E-state index is 5.46. The molecule has 1 heterocycles. The van der Waals surface area contributed by atoms with Crippen molar-refractivity contribution in [1.29, 1.82) is 0 Å². The van der Waals surface area contributed by atoms with Crippen LogP contribution in [-0.4, -0.2) is 43.6 Å². The molecule has 2 rings (SSSR count). The van der Waals surface area contributed by atoms with Gasteiger partial charge in [-0.3, -0.25) is 0 Å². The number of ether oxygens (including phenoxy) is 3. The zero-order chi connectivity index (χ0) is 14.4. The molecule has 0 atom stereocenters. The summed E-state index contributed by atoms with van der Waals surface area (Å²) >= 11 is 5.37. The molecule has 0 aliphatic carbocycles. The lowest BCUT2D eigenvalue weighted by molar-refractivity contribution is 0.0681. The van der Waals surface area contributed by atoms with Crippen molar-refractivity contribution >= 4 is 23.3 Å². The van der Waals surface area contributed by atoms with E-state index in [-0.39, 0.29) is 0 Å². The van der Waals surface area contributed by atoms with Gasteiger partial charge in [-0.15, -0.1) is 0 Å². The van der Waals surface area contributed by atoms with Crippen molar-refractivity contribution in [2.24, 2.45) is 0 Å². The highest BCUT2D eigenvalue weighted by Crippen LogP contribution is 2.24. The average Bonchev–Trinajstić information content (AvgIpc) is 2.78. The molecule has 0 saturated carbocycles. The first-order chi connectivity index (χ1) is 9.77. The van der Waals surface area contributed by atoms with Gasteiger partial charge >= 0.3 is 0 Å². The fourth-order valence-corrected chi connectivity index (χ4v) is 2.41. The van der Waals surface area contributed by atoms with Gasteiger partial charge in [-0.25, -0.2) is 0 Å². The molecule has 2 aromatic rings. The number of nitrogens with one attached hydrogen (secondary N) is 1. The zero-order valence-corrected chi connectivity index (χ0v) is 12.7. The van der Waals surface area contributed by atoms with Crippen LogP contribution in [0.1, 0.15) is 6.42 Å². The predicted molar refractivity (Wildman–Crippen MR) is 81.0 cm³/mol. The van der Waals surface area contributed by atoms with Crippen molar-refractivity contribution < 1.29 is 14.2 Å². The third-order valence-electron chi connectivity index (χ3n) is 3.09. The van der Waals surface area contributed by atoms with Gasteiger partial charge in [-0.2, -0.15) is 0 Å². The fraction of sp³-hybridized carbons (Fsp3) is 0.500. The number of benzene rings is 1. The van der Waals surface area contributed by atoms with Crippen molar-refractivity contribution in [2.45, 2.75) is 13.0 Å². The van der Waals surface area contributed by atoms with Crippen LogP contribution in [0.2, 0.25) is 0 Å². The lowest BCUT2D eigenvalue weighted by Crippen LogP contribution is -2.06. The number of aromatic amines is 1. The Morgan fingerprint density at radius 1 is 1.20 bits per heavy atom. The van der Waals surface area contributed by atoms with Gasteiger partial charge in [0.15, 0.2) is 4.77 Å². The van der Waals surface area contributed by atoms with Crippen molar-refractivity contribution in [3.63, 3.8) is 0 Å². The summed E-state index contributed by atoms with van der Waals surface area (Å²) in [5, 5.41) is 0. The van der Waals surface area contributed by atoms with Gasteiger partial charge in [0.1, 0.15) is 11.3 Å². The highest BCUT2D eigenvalue weighted by Gasteiger charge is 2.08. The standard InChI is InChI=1S/C14H20N2O3S/c1-17-9-10-19-8-4-7-16-11-5-3-6-12(18-2)13(11)15-14(16)20/h3,5-6H,4,7-10H2,1-2H3,(H,15,20). The van der Waals surface area contributed by atoms with Crippen LogP contribution < -0.4 is 4.74 Å². The Morgan fingerprint density at radius 3 is 2.80 bits per heavy atom. The second kappa shape index (κ2) is 7.42. The van der Waals surface area contributed by atoms with Gasteiger partial charge in [0.05, 0.1) is 25.8 Å². The molecule has 20 heavy (non-hydrogen) atoms. The smallest absolute Gasteiger partial charge is 0.178 e. The Balaban J connectivity index is 2.03. The molecule has 0 amide bonds. The topological polar surface area (TPSA) is 48.4 Å². The van der Waals surface area contributed by atoms with Crippen LogP contribution in [-0.2, 0) is 16.0 Å². The molecule has 5 nitrogen and oxygen atoms in total. The first kappa shape index (κ1) is 15.0. The third-order valence-corrected chi connectivity index (χ3v) is 3.42. The number of aromatic nitrogens is 2. The quantitative estimate of drug-likeness (QED) is 0.601. The molecule has 1 aromatic heterocycles. The van der Waals surface area contributed by atoms with E-state index in [1.165, 1.54) is 0 Å². The highest BCUT2D eigenvalue weighted by molar-refractivity contribution is 7.71. The minimum atomic E-state index is 0.629. The highest BCUT2D eigenvalue weighted by atomic mass is 32.1. The van der Waals surface area contributed by atoms with Gasteiger partial charge in [0, 0.05) is 20.3 Å². The van der Waals surface area contributed by atoms with E-state index in [1.54, 1.807) is 14.2 Å². The molecular formula is C14H20N2O3S. The third kappa shape index (κ3) is 3.39. The number of fused-ring (bicyclic) bond motifs is 1. The van der Waals surface area contributed by atoms with E-state index in [9.17, 15) is 0 Å². The second-order valence-corrected chi connectivity index (χ2v) is 4.78. The van der Waals surface area contributed by atoms with Crippen molar-refractivity contribution in [1.82, 2.24) is 9.55 Å². The number of nitrogens with zero attached hydrogens (tertiary/aromatic N) is 1. The van der Waals surface area contributed by atoms with Crippen LogP contribution in [0.25, 0.3) is 11.0 Å². The second-order valence-electron chi connectivity index (χ2n) is 4.39. The van der Waals surface area contributed by atoms with Gasteiger partial charge in [0.2, 0.25) is 0 Å². The van der Waals surface area contributed by atoms with E-state index in [0.717, 1.165) is 29.7 Å². The molecule has 0 radical (unpaired) electrons. The van der Waals surface area contributed by atoms with E-state index in [2.05, 4.69) is 9.55 Å². The summed E-state index contributed by atoms with van der Waals surface area (Å²) in [6.45, 7) is 2.77. The number of hydrogen-bond donors (Lipinski definition) is 1. The average molecular weight is 296 g/mol. The molecule has 1 aromatic carbocycles. The Hall–Kier alpha value is -1.37. The molecule has 110 valence electrons. The summed E-state index contributed by atoms with van der Waals surface area (Å²) in [5.74, 6) is 0.809. The van der Waals surface area contributed by atoms with E-state index < -0.39 is 0 Å². The van der Waals surface area contributed by atoms with Crippen LogP contribution in [0.4, 0.5) is 0 Å². The molecule has 0 unspecified atom stereocenters. The van der Waals surface area contributed by atoms with Crippen LogP contribution in [0.3, 0.4) is 0 Å². The Kier molecular flexibility index (Phi) is 5.58. The fourth-order valence-electron chi connectivity index (χ4n) is 2.12. The van der Waals surface area contributed by atoms with Gasteiger partial charge in [-0.1, -0.05) is 6.07 Å². The number of hydrogen-bond acceptors (Lipinski definition) is 4. The van der Waals surface area contributed by atoms with E-state index in [4.69, 9.17) is 26.4 Å². The maximum atomic E-state index is 5.46. The Labute approximate surface area is 123 Å². The summed E-state index contributed by atoms with van der Waals surface area (Å²) in [7, 11) is 3.33. The van der Waals surface area contributed by atoms with Crippen LogP contribution in [0, 0.1) is 4.77 Å². The lowest BCUT2D eigenvalue weighted by atomic mass is 10.3. The Morgan fingerprint density at radius 2 is 2.05 bits per heavy atom. The lowest BCUT2D eigenvalue weighted by Gasteiger charge is -2.06. The molecule has 0 fully saturated rings. The summed E-state index contributed by atoms with van der Waals surface area (Å²) in [6.07, 6.45) is 0.905. The number of rotatable bonds is 8. The van der Waals surface area contributed by atoms with E-state index in [1.807, 2.05) is 18.2 Å². The van der Waals surface area contributed by atoms with Crippen molar-refractivity contribution in [3.05, 3.63) is 23.0 Å². The largest absolute Gasteiger partial charge is 0.494 e. The van der Waals surface area contributed by atoms with Crippen LogP contribution in [0.5, 0.6) is 5.75 Å². The maximum Gasteiger partial charge on any atom is 0.178 e. The van der Waals surface area contributed by atoms with Gasteiger partial charge in [-0.05, 0) is 30.8 Å². The monoisotopic (exact) mass is 296 g/mol. The first-order valence-electron chi connectivity index (χ1n) is 6.60. The number of imidazole rings is 1. The number of aryl methyl sites for hydroxylation is 1. The molecule has 0 bridgehead atoms. The molecule has 0 saturated heterocycles. The molecule has 0 aliphatic heterocycles. The minimum absolute atomic E-state index is 0.629. The van der Waals surface area contributed by atoms with Gasteiger partial charge in [0.25, 0.3) is 0 Å². The molecule has 6 heteroatoms. The number of H-pyrrole nitrogens is 1.